The number of rotatable bonds is 2. The van der Waals surface area contributed by atoms with Crippen LogP contribution >= 0.6 is 0 Å². The molecule has 1 fully saturated rings. The summed E-state index contributed by atoms with van der Waals surface area (Å²) in [6.07, 6.45) is 0.682. The highest BCUT2D eigenvalue weighted by molar-refractivity contribution is 5.43. The molecule has 2 unspecified atom stereocenters. The minimum atomic E-state index is 0.305. The molecule has 2 atom stereocenters. The van der Waals surface area contributed by atoms with Gasteiger partial charge in [0.15, 0.2) is 0 Å². The lowest BCUT2D eigenvalue weighted by Crippen LogP contribution is -1.94. The maximum Gasteiger partial charge on any atom is 0.122 e. The molecule has 2 heteroatoms. The number of hydrogen-bond donors (Lipinski definition) is 0. The maximum atomic E-state index is 5.47. The molecular formula is C12H16O2. The normalized spacial score (nSPS) is 24.9. The average molecular weight is 192 g/mol. The maximum absolute atomic E-state index is 5.47. The van der Waals surface area contributed by atoms with E-state index in [-0.39, 0.29) is 0 Å². The minimum absolute atomic E-state index is 0.305. The van der Waals surface area contributed by atoms with Gasteiger partial charge in [-0.15, -0.1) is 0 Å². The summed E-state index contributed by atoms with van der Waals surface area (Å²) in [5, 5.41) is 0. The molecule has 14 heavy (non-hydrogen) atoms. The Balaban J connectivity index is 2.38. The second-order valence-electron chi connectivity index (χ2n) is 3.94. The first-order valence-electron chi connectivity index (χ1n) is 4.94. The van der Waals surface area contributed by atoms with E-state index in [9.17, 15) is 0 Å². The van der Waals surface area contributed by atoms with Crippen LogP contribution in [0.5, 0.6) is 5.75 Å². The molecule has 1 saturated heterocycles. The van der Waals surface area contributed by atoms with Gasteiger partial charge in [0.1, 0.15) is 11.9 Å². The number of hydrogen-bond acceptors (Lipinski definition) is 2. The predicted molar refractivity (Wildman–Crippen MR) is 55.8 cm³/mol. The van der Waals surface area contributed by atoms with Crippen molar-refractivity contribution in [2.45, 2.75) is 33.0 Å². The second kappa shape index (κ2) is 3.28. The standard InChI is InChI=1S/C12H16O2/c1-7-6-11(13-4)8(2)5-10(7)12-9(3)14-12/h5-6,9,12H,1-4H3. The molecule has 1 heterocycles. The van der Waals surface area contributed by atoms with E-state index in [1.807, 2.05) is 0 Å². The lowest BCUT2D eigenvalue weighted by atomic mass is 10.0. The van der Waals surface area contributed by atoms with Gasteiger partial charge in [-0.3, -0.25) is 0 Å². The van der Waals surface area contributed by atoms with Crippen LogP contribution in [-0.2, 0) is 4.74 Å². The summed E-state index contributed by atoms with van der Waals surface area (Å²) >= 11 is 0. The van der Waals surface area contributed by atoms with Crippen LogP contribution in [0.25, 0.3) is 0 Å². The molecular weight excluding hydrogens is 176 g/mol. The summed E-state index contributed by atoms with van der Waals surface area (Å²) in [6.45, 7) is 6.27. The Bertz CT molecular complexity index is 358. The average Bonchev–Trinajstić information content (AvgIpc) is 2.86. The molecule has 0 spiro atoms. The van der Waals surface area contributed by atoms with Gasteiger partial charge in [0.25, 0.3) is 0 Å². The van der Waals surface area contributed by atoms with Gasteiger partial charge in [-0.1, -0.05) is 0 Å². The van der Waals surface area contributed by atoms with Gasteiger partial charge >= 0.3 is 0 Å². The fraction of sp³-hybridized carbons (Fsp3) is 0.500. The van der Waals surface area contributed by atoms with Gasteiger partial charge in [0.2, 0.25) is 0 Å². The first-order chi connectivity index (χ1) is 6.63. The van der Waals surface area contributed by atoms with Gasteiger partial charge in [-0.25, -0.2) is 0 Å². The number of methoxy groups -OCH3 is 1. The summed E-state index contributed by atoms with van der Waals surface area (Å²) in [5.41, 5.74) is 3.73. The van der Waals surface area contributed by atoms with E-state index in [1.54, 1.807) is 7.11 Å². The van der Waals surface area contributed by atoms with Crippen molar-refractivity contribution in [1.82, 2.24) is 0 Å². The molecule has 0 radical (unpaired) electrons. The monoisotopic (exact) mass is 192 g/mol. The Kier molecular flexibility index (Phi) is 2.23. The van der Waals surface area contributed by atoms with Crippen LogP contribution in [0, 0.1) is 13.8 Å². The molecule has 0 N–H and O–H groups in total. The van der Waals surface area contributed by atoms with Crippen molar-refractivity contribution < 1.29 is 9.47 Å². The minimum Gasteiger partial charge on any atom is -0.496 e. The topological polar surface area (TPSA) is 21.8 Å². The van der Waals surface area contributed by atoms with Crippen LogP contribution in [0.3, 0.4) is 0 Å². The Morgan fingerprint density at radius 1 is 1.21 bits per heavy atom. The molecule has 2 rings (SSSR count). The lowest BCUT2D eigenvalue weighted by Gasteiger charge is -2.09. The molecule has 1 aromatic carbocycles. The summed E-state index contributed by atoms with van der Waals surface area (Å²) in [7, 11) is 1.71. The summed E-state index contributed by atoms with van der Waals surface area (Å²) in [4.78, 5) is 0. The Morgan fingerprint density at radius 3 is 2.36 bits per heavy atom. The van der Waals surface area contributed by atoms with Crippen molar-refractivity contribution in [2.24, 2.45) is 0 Å². The third-order valence-corrected chi connectivity index (χ3v) is 2.80. The fourth-order valence-electron chi connectivity index (χ4n) is 1.85. The zero-order valence-electron chi connectivity index (χ0n) is 9.13. The van der Waals surface area contributed by atoms with E-state index < -0.39 is 0 Å². The third-order valence-electron chi connectivity index (χ3n) is 2.80. The summed E-state index contributed by atoms with van der Waals surface area (Å²) < 4.78 is 10.7. The summed E-state index contributed by atoms with van der Waals surface area (Å²) in [6, 6.07) is 4.25. The predicted octanol–water partition coefficient (Wildman–Crippen LogP) is 2.77. The quantitative estimate of drug-likeness (QED) is 0.672. The molecule has 1 aromatic rings. The lowest BCUT2D eigenvalue weighted by molar-refractivity contribution is 0.381. The van der Waals surface area contributed by atoms with Gasteiger partial charge in [-0.05, 0) is 49.6 Å². The smallest absolute Gasteiger partial charge is 0.122 e. The molecule has 1 aliphatic heterocycles. The fourth-order valence-corrected chi connectivity index (χ4v) is 1.85. The van der Waals surface area contributed by atoms with Crippen molar-refractivity contribution >= 4 is 0 Å². The molecule has 2 nitrogen and oxygen atoms in total. The highest BCUT2D eigenvalue weighted by atomic mass is 16.6. The van der Waals surface area contributed by atoms with Gasteiger partial charge in [-0.2, -0.15) is 0 Å². The van der Waals surface area contributed by atoms with Crippen molar-refractivity contribution in [3.05, 3.63) is 28.8 Å². The third kappa shape index (κ3) is 1.50. The van der Waals surface area contributed by atoms with E-state index >= 15 is 0 Å². The molecule has 1 aliphatic rings. The summed E-state index contributed by atoms with van der Waals surface area (Å²) in [5.74, 6) is 0.958. The Labute approximate surface area is 84.8 Å². The largest absolute Gasteiger partial charge is 0.496 e. The van der Waals surface area contributed by atoms with Crippen LogP contribution in [0.1, 0.15) is 29.7 Å². The van der Waals surface area contributed by atoms with Crippen molar-refractivity contribution in [1.29, 1.82) is 0 Å². The van der Waals surface area contributed by atoms with E-state index in [4.69, 9.17) is 9.47 Å². The number of benzene rings is 1. The first-order valence-corrected chi connectivity index (χ1v) is 4.94. The van der Waals surface area contributed by atoms with Gasteiger partial charge in [0, 0.05) is 0 Å². The van der Waals surface area contributed by atoms with E-state index in [2.05, 4.69) is 32.9 Å². The Morgan fingerprint density at radius 2 is 1.86 bits per heavy atom. The van der Waals surface area contributed by atoms with Gasteiger partial charge < -0.3 is 9.47 Å². The molecule has 0 aromatic heterocycles. The van der Waals surface area contributed by atoms with Crippen LogP contribution in [0.4, 0.5) is 0 Å². The van der Waals surface area contributed by atoms with E-state index in [0.29, 0.717) is 12.2 Å². The zero-order chi connectivity index (χ0) is 10.3. The van der Waals surface area contributed by atoms with Crippen molar-refractivity contribution in [3.8, 4) is 5.75 Å². The van der Waals surface area contributed by atoms with E-state index in [1.165, 1.54) is 16.7 Å². The van der Waals surface area contributed by atoms with Crippen LogP contribution in [-0.4, -0.2) is 13.2 Å². The molecule has 76 valence electrons. The second-order valence-corrected chi connectivity index (χ2v) is 3.94. The molecule has 0 saturated carbocycles. The highest BCUT2D eigenvalue weighted by Gasteiger charge is 2.36. The Hall–Kier alpha value is -1.02. The zero-order valence-corrected chi connectivity index (χ0v) is 9.13. The van der Waals surface area contributed by atoms with Crippen LogP contribution < -0.4 is 4.74 Å². The highest BCUT2D eigenvalue weighted by Crippen LogP contribution is 2.41. The number of aryl methyl sites for hydroxylation is 2. The molecule has 0 aliphatic carbocycles. The van der Waals surface area contributed by atoms with Crippen LogP contribution in [0.2, 0.25) is 0 Å². The SMILES string of the molecule is COc1cc(C)c(C2OC2C)cc1C. The number of epoxide rings is 1. The van der Waals surface area contributed by atoms with Gasteiger partial charge in [0.05, 0.1) is 13.2 Å². The van der Waals surface area contributed by atoms with Crippen molar-refractivity contribution in [3.63, 3.8) is 0 Å². The molecule has 0 amide bonds. The molecule has 0 bridgehead atoms. The first kappa shape index (κ1) is 9.53. The van der Waals surface area contributed by atoms with E-state index in [0.717, 1.165) is 5.75 Å². The number of ether oxygens (including phenoxy) is 2. The van der Waals surface area contributed by atoms with Crippen molar-refractivity contribution in [2.75, 3.05) is 7.11 Å². The van der Waals surface area contributed by atoms with Crippen LogP contribution in [0.15, 0.2) is 12.1 Å².